The molecule has 0 spiro atoms. The minimum atomic E-state index is -0.802. The Kier molecular flexibility index (Phi) is 3.40. The largest absolute Gasteiger partial charge is 0.481 e. The van der Waals surface area contributed by atoms with Gasteiger partial charge < -0.3 is 10.4 Å². The normalized spacial score (nSPS) is 22.3. The molecule has 0 saturated carbocycles. The predicted molar refractivity (Wildman–Crippen MR) is 46.1 cm³/mol. The first-order valence-corrected chi connectivity index (χ1v) is 4.93. The van der Waals surface area contributed by atoms with Crippen LogP contribution in [0.2, 0.25) is 0 Å². The quantitative estimate of drug-likeness (QED) is 0.657. The number of carboxylic acid groups (broad SMARTS) is 1. The molecule has 0 bridgehead atoms. The molecule has 0 aromatic heterocycles. The lowest BCUT2D eigenvalue weighted by Gasteiger charge is -2.06. The van der Waals surface area contributed by atoms with Crippen LogP contribution < -0.4 is 5.32 Å². The van der Waals surface area contributed by atoms with E-state index in [-0.39, 0.29) is 17.7 Å². The Morgan fingerprint density at radius 2 is 2.50 bits per heavy atom. The van der Waals surface area contributed by atoms with Crippen molar-refractivity contribution in [2.75, 3.05) is 11.5 Å². The molecule has 1 heterocycles. The highest BCUT2D eigenvalue weighted by Crippen LogP contribution is 2.12. The number of carboxylic acids is 1. The molecule has 1 aliphatic heterocycles. The molecule has 5 heteroatoms. The lowest BCUT2D eigenvalue weighted by Crippen LogP contribution is -2.27. The molecule has 0 aliphatic carbocycles. The van der Waals surface area contributed by atoms with Crippen molar-refractivity contribution in [2.45, 2.75) is 18.9 Å². The van der Waals surface area contributed by atoms with Crippen molar-refractivity contribution in [3.63, 3.8) is 0 Å². The third-order valence-corrected chi connectivity index (χ3v) is 2.72. The van der Waals surface area contributed by atoms with E-state index < -0.39 is 5.97 Å². The fraction of sp³-hybridized carbons (Fsp3) is 0.714. The van der Waals surface area contributed by atoms with Gasteiger partial charge in [-0.15, -0.1) is 11.8 Å². The molecule has 1 unspecified atom stereocenters. The number of carbonyl (C=O) groups is 2. The van der Waals surface area contributed by atoms with Gasteiger partial charge in [0.25, 0.3) is 0 Å². The van der Waals surface area contributed by atoms with Crippen molar-refractivity contribution >= 4 is 23.6 Å². The van der Waals surface area contributed by atoms with E-state index >= 15 is 0 Å². The van der Waals surface area contributed by atoms with Crippen LogP contribution in [0.1, 0.15) is 12.8 Å². The molecular formula is C7H11NO3S. The van der Waals surface area contributed by atoms with E-state index in [9.17, 15) is 9.59 Å². The third kappa shape index (κ3) is 3.13. The maximum atomic E-state index is 10.7. The number of thioether (sulfide) groups is 1. The summed E-state index contributed by atoms with van der Waals surface area (Å²) in [6, 6.07) is 0.182. The molecule has 1 atom stereocenters. The molecule has 12 heavy (non-hydrogen) atoms. The van der Waals surface area contributed by atoms with Crippen LogP contribution >= 0.6 is 11.8 Å². The molecule has 4 nitrogen and oxygen atoms in total. The first-order chi connectivity index (χ1) is 5.68. The summed E-state index contributed by atoms with van der Waals surface area (Å²) in [6.45, 7) is 0. The average molecular weight is 189 g/mol. The number of amides is 1. The number of aliphatic carboxylic acids is 1. The monoisotopic (exact) mass is 189 g/mol. The van der Waals surface area contributed by atoms with Crippen molar-refractivity contribution in [3.05, 3.63) is 0 Å². The van der Waals surface area contributed by atoms with Crippen LogP contribution in [0.3, 0.4) is 0 Å². The van der Waals surface area contributed by atoms with Gasteiger partial charge in [-0.05, 0) is 6.42 Å². The van der Waals surface area contributed by atoms with Gasteiger partial charge in [-0.1, -0.05) is 0 Å². The van der Waals surface area contributed by atoms with Crippen molar-refractivity contribution in [2.24, 2.45) is 0 Å². The van der Waals surface area contributed by atoms with Crippen molar-refractivity contribution in [1.82, 2.24) is 5.32 Å². The van der Waals surface area contributed by atoms with Gasteiger partial charge in [-0.3, -0.25) is 9.59 Å². The third-order valence-electron chi connectivity index (χ3n) is 1.63. The SMILES string of the molecule is O=C(O)CSCC1CCC(=O)N1. The topological polar surface area (TPSA) is 66.4 Å². The van der Waals surface area contributed by atoms with Crippen LogP contribution in [0.5, 0.6) is 0 Å². The Labute approximate surface area is 74.7 Å². The standard InChI is InChI=1S/C7H11NO3S/c9-6-2-1-5(8-6)3-12-4-7(10)11/h5H,1-4H2,(H,8,9)(H,10,11). The van der Waals surface area contributed by atoms with Crippen LogP contribution in [0, 0.1) is 0 Å². The molecular weight excluding hydrogens is 178 g/mol. The molecule has 0 aromatic rings. The smallest absolute Gasteiger partial charge is 0.313 e. The van der Waals surface area contributed by atoms with Gasteiger partial charge in [0.05, 0.1) is 5.75 Å². The van der Waals surface area contributed by atoms with Gasteiger partial charge in [0.2, 0.25) is 5.91 Å². The number of rotatable bonds is 4. The van der Waals surface area contributed by atoms with E-state index in [0.717, 1.165) is 6.42 Å². The summed E-state index contributed by atoms with van der Waals surface area (Å²) in [5, 5.41) is 11.1. The summed E-state index contributed by atoms with van der Waals surface area (Å²) >= 11 is 1.35. The Bertz CT molecular complexity index is 195. The van der Waals surface area contributed by atoms with Crippen LogP contribution in [0.15, 0.2) is 0 Å². The number of hydrogen-bond acceptors (Lipinski definition) is 3. The van der Waals surface area contributed by atoms with E-state index in [1.54, 1.807) is 0 Å². The Balaban J connectivity index is 2.08. The highest BCUT2D eigenvalue weighted by Gasteiger charge is 2.20. The van der Waals surface area contributed by atoms with Crippen LogP contribution in [0.4, 0.5) is 0 Å². The van der Waals surface area contributed by atoms with Crippen molar-refractivity contribution in [3.8, 4) is 0 Å². The van der Waals surface area contributed by atoms with Gasteiger partial charge in [0.15, 0.2) is 0 Å². The molecule has 1 fully saturated rings. The van der Waals surface area contributed by atoms with Crippen LogP contribution in [0.25, 0.3) is 0 Å². The predicted octanol–water partition coefficient (Wildman–Crippen LogP) is 0.0828. The van der Waals surface area contributed by atoms with Gasteiger partial charge in [-0.2, -0.15) is 0 Å². The number of carbonyl (C=O) groups excluding carboxylic acids is 1. The van der Waals surface area contributed by atoms with Gasteiger partial charge in [0.1, 0.15) is 0 Å². The maximum absolute atomic E-state index is 10.7. The molecule has 1 rings (SSSR count). The summed E-state index contributed by atoms with van der Waals surface area (Å²) in [7, 11) is 0. The van der Waals surface area contributed by atoms with Crippen molar-refractivity contribution in [1.29, 1.82) is 0 Å². The number of hydrogen-bond donors (Lipinski definition) is 2. The molecule has 1 aliphatic rings. The highest BCUT2D eigenvalue weighted by molar-refractivity contribution is 7.99. The zero-order chi connectivity index (χ0) is 8.97. The minimum Gasteiger partial charge on any atom is -0.481 e. The summed E-state index contributed by atoms with van der Waals surface area (Å²) in [5.74, 6) is 0.102. The Morgan fingerprint density at radius 1 is 1.75 bits per heavy atom. The molecule has 0 radical (unpaired) electrons. The molecule has 0 aromatic carbocycles. The van der Waals surface area contributed by atoms with E-state index in [0.29, 0.717) is 12.2 Å². The first-order valence-electron chi connectivity index (χ1n) is 3.77. The lowest BCUT2D eigenvalue weighted by molar-refractivity contribution is -0.133. The second kappa shape index (κ2) is 4.35. The average Bonchev–Trinajstić information content (AvgIpc) is 2.35. The fourth-order valence-corrected chi connectivity index (χ4v) is 1.92. The Hall–Kier alpha value is -0.710. The second-order valence-corrected chi connectivity index (χ2v) is 3.74. The van der Waals surface area contributed by atoms with Crippen LogP contribution in [-0.2, 0) is 9.59 Å². The second-order valence-electron chi connectivity index (χ2n) is 2.71. The highest BCUT2D eigenvalue weighted by atomic mass is 32.2. The maximum Gasteiger partial charge on any atom is 0.313 e. The number of nitrogens with one attached hydrogen (secondary N) is 1. The van der Waals surface area contributed by atoms with E-state index in [4.69, 9.17) is 5.11 Å². The Morgan fingerprint density at radius 3 is 3.00 bits per heavy atom. The summed E-state index contributed by atoms with van der Waals surface area (Å²) in [6.07, 6.45) is 1.42. The van der Waals surface area contributed by atoms with Gasteiger partial charge in [0, 0.05) is 18.2 Å². The van der Waals surface area contributed by atoms with E-state index in [1.807, 2.05) is 0 Å². The molecule has 2 N–H and O–H groups in total. The first kappa shape index (κ1) is 9.38. The zero-order valence-electron chi connectivity index (χ0n) is 6.58. The van der Waals surface area contributed by atoms with Crippen LogP contribution in [-0.4, -0.2) is 34.5 Å². The molecule has 1 amide bonds. The summed E-state index contributed by atoms with van der Waals surface area (Å²) < 4.78 is 0. The molecule has 1 saturated heterocycles. The summed E-state index contributed by atoms with van der Waals surface area (Å²) in [5.41, 5.74) is 0. The van der Waals surface area contributed by atoms with E-state index in [2.05, 4.69) is 5.32 Å². The minimum absolute atomic E-state index is 0.0796. The van der Waals surface area contributed by atoms with Crippen molar-refractivity contribution < 1.29 is 14.7 Å². The lowest BCUT2D eigenvalue weighted by atomic mass is 10.2. The molecule has 68 valence electrons. The zero-order valence-corrected chi connectivity index (χ0v) is 7.39. The fourth-order valence-electron chi connectivity index (χ4n) is 1.09. The van der Waals surface area contributed by atoms with E-state index in [1.165, 1.54) is 11.8 Å². The van der Waals surface area contributed by atoms with Gasteiger partial charge in [-0.25, -0.2) is 0 Å². The van der Waals surface area contributed by atoms with Gasteiger partial charge >= 0.3 is 5.97 Å². The summed E-state index contributed by atoms with van der Waals surface area (Å²) in [4.78, 5) is 20.8.